The topological polar surface area (TPSA) is 91.4 Å². The van der Waals surface area contributed by atoms with E-state index in [4.69, 9.17) is 0 Å². The highest BCUT2D eigenvalue weighted by Crippen LogP contribution is 2.30. The number of alkyl halides is 1. The molecule has 2 rings (SSSR count). The summed E-state index contributed by atoms with van der Waals surface area (Å²) in [6, 6.07) is 2.88. The molecule has 1 atom stereocenters. The second-order valence-electron chi connectivity index (χ2n) is 4.17. The molecular weight excluding hydrogens is 288 g/mol. The van der Waals surface area contributed by atoms with Crippen LogP contribution in [-0.2, 0) is 4.79 Å². The lowest BCUT2D eigenvalue weighted by molar-refractivity contribution is -0.384. The lowest BCUT2D eigenvalue weighted by atomic mass is 10.2. The minimum atomic E-state index is -1.06. The van der Waals surface area contributed by atoms with Crippen molar-refractivity contribution in [3.63, 3.8) is 0 Å². The van der Waals surface area contributed by atoms with E-state index in [2.05, 4.69) is 10.4 Å². The third-order valence-corrected chi connectivity index (χ3v) is 2.84. The van der Waals surface area contributed by atoms with Crippen LogP contribution in [0.4, 0.5) is 20.2 Å². The lowest BCUT2D eigenvalue weighted by Crippen LogP contribution is -2.40. The first-order chi connectivity index (χ1) is 10.1. The monoisotopic (exact) mass is 299 g/mol. The van der Waals surface area contributed by atoms with Gasteiger partial charge in [0.15, 0.2) is 12.5 Å². The molecule has 10 heteroatoms. The second-order valence-corrected chi connectivity index (χ2v) is 4.17. The molecule has 1 aromatic rings. The third kappa shape index (κ3) is 2.93. The predicted molar refractivity (Wildman–Crippen MR) is 67.5 cm³/mol. The van der Waals surface area contributed by atoms with Crippen LogP contribution in [0.2, 0.25) is 0 Å². The Morgan fingerprint density at radius 2 is 2.19 bits per heavy atom. The number of hydrogen-bond acceptors (Lipinski definition) is 7. The van der Waals surface area contributed by atoms with E-state index in [1.165, 1.54) is 5.01 Å². The minimum absolute atomic E-state index is 0.121. The summed E-state index contributed by atoms with van der Waals surface area (Å²) in [7, 11) is 0. The maximum atomic E-state index is 13.8. The molecule has 1 aliphatic rings. The van der Waals surface area contributed by atoms with Gasteiger partial charge < -0.3 is 0 Å². The lowest BCUT2D eigenvalue weighted by Gasteiger charge is -2.23. The summed E-state index contributed by atoms with van der Waals surface area (Å²) in [4.78, 5) is 21.2. The molecule has 0 bridgehead atoms. The van der Waals surface area contributed by atoms with Crippen LogP contribution in [0.15, 0.2) is 28.6 Å². The number of aldehydes is 1. The maximum absolute atomic E-state index is 13.8. The largest absolute Gasteiger partial charge is 0.299 e. The SMILES string of the molecule is O=CC1N(CCCF)N=NN1c1cc([N+](=O)[O-])ccc1F. The Hall–Kier alpha value is -2.65. The van der Waals surface area contributed by atoms with Crippen LogP contribution in [0.1, 0.15) is 6.42 Å². The van der Waals surface area contributed by atoms with Gasteiger partial charge in [-0.25, -0.2) is 14.4 Å². The number of nitro benzene ring substituents is 1. The Kier molecular flexibility index (Phi) is 4.36. The molecule has 1 unspecified atom stereocenters. The van der Waals surface area contributed by atoms with Crippen molar-refractivity contribution in [2.24, 2.45) is 10.4 Å². The Morgan fingerprint density at radius 1 is 1.43 bits per heavy atom. The van der Waals surface area contributed by atoms with Gasteiger partial charge in [0, 0.05) is 18.7 Å². The van der Waals surface area contributed by atoms with Crippen LogP contribution in [0.5, 0.6) is 0 Å². The van der Waals surface area contributed by atoms with Gasteiger partial charge in [0.05, 0.1) is 11.6 Å². The van der Waals surface area contributed by atoms with Gasteiger partial charge in [-0.1, -0.05) is 5.22 Å². The van der Waals surface area contributed by atoms with Crippen molar-refractivity contribution in [1.82, 2.24) is 5.01 Å². The Morgan fingerprint density at radius 3 is 2.81 bits per heavy atom. The zero-order chi connectivity index (χ0) is 15.4. The molecule has 0 amide bonds. The highest BCUT2D eigenvalue weighted by atomic mass is 19.1. The summed E-state index contributed by atoms with van der Waals surface area (Å²) < 4.78 is 26.0. The van der Waals surface area contributed by atoms with E-state index in [1.807, 2.05) is 0 Å². The molecule has 0 fully saturated rings. The van der Waals surface area contributed by atoms with E-state index in [9.17, 15) is 23.7 Å². The molecule has 1 aliphatic heterocycles. The number of nitrogens with zero attached hydrogens (tertiary/aromatic N) is 5. The number of carbonyl (C=O) groups excluding carboxylic acids is 1. The van der Waals surface area contributed by atoms with Crippen LogP contribution >= 0.6 is 0 Å². The number of benzene rings is 1. The number of carbonyl (C=O) groups is 1. The van der Waals surface area contributed by atoms with Crippen LogP contribution in [0.25, 0.3) is 0 Å². The normalized spacial score (nSPS) is 17.3. The van der Waals surface area contributed by atoms with Gasteiger partial charge in [-0.05, 0) is 17.7 Å². The van der Waals surface area contributed by atoms with Crippen molar-refractivity contribution in [2.75, 3.05) is 18.2 Å². The molecule has 0 saturated heterocycles. The van der Waals surface area contributed by atoms with E-state index in [0.29, 0.717) is 6.29 Å². The number of non-ortho nitro benzene ring substituents is 1. The number of nitro groups is 1. The molecule has 1 heterocycles. The molecule has 112 valence electrons. The first-order valence-corrected chi connectivity index (χ1v) is 6.01. The van der Waals surface area contributed by atoms with Crippen molar-refractivity contribution >= 4 is 17.7 Å². The minimum Gasteiger partial charge on any atom is -0.299 e. The Bertz CT molecular complexity index is 583. The van der Waals surface area contributed by atoms with Gasteiger partial charge >= 0.3 is 0 Å². The van der Waals surface area contributed by atoms with Crippen molar-refractivity contribution in [1.29, 1.82) is 0 Å². The molecule has 0 radical (unpaired) electrons. The summed E-state index contributed by atoms with van der Waals surface area (Å²) in [5, 5.41) is 20.1. The van der Waals surface area contributed by atoms with Crippen LogP contribution in [0, 0.1) is 15.9 Å². The fourth-order valence-electron chi connectivity index (χ4n) is 1.83. The highest BCUT2D eigenvalue weighted by Gasteiger charge is 2.32. The highest BCUT2D eigenvalue weighted by molar-refractivity contribution is 5.67. The number of rotatable bonds is 6. The summed E-state index contributed by atoms with van der Waals surface area (Å²) in [6.07, 6.45) is -0.474. The van der Waals surface area contributed by atoms with Gasteiger partial charge in [0.2, 0.25) is 0 Å². The van der Waals surface area contributed by atoms with Crippen molar-refractivity contribution in [3.05, 3.63) is 34.1 Å². The maximum Gasteiger partial charge on any atom is 0.271 e. The van der Waals surface area contributed by atoms with Crippen molar-refractivity contribution < 1.29 is 18.5 Å². The number of halogens is 2. The zero-order valence-corrected chi connectivity index (χ0v) is 10.7. The molecular formula is C11H11F2N5O3. The zero-order valence-electron chi connectivity index (χ0n) is 10.7. The Balaban J connectivity index is 2.29. The average Bonchev–Trinajstić information content (AvgIpc) is 2.87. The van der Waals surface area contributed by atoms with Gasteiger partial charge in [-0.3, -0.25) is 19.3 Å². The smallest absolute Gasteiger partial charge is 0.271 e. The van der Waals surface area contributed by atoms with E-state index >= 15 is 0 Å². The summed E-state index contributed by atoms with van der Waals surface area (Å²) in [6.45, 7) is -0.473. The van der Waals surface area contributed by atoms with Crippen molar-refractivity contribution in [2.45, 2.75) is 12.6 Å². The molecule has 0 aliphatic carbocycles. The molecule has 8 nitrogen and oxygen atoms in total. The number of hydrogen-bond donors (Lipinski definition) is 0. The number of anilines is 1. The van der Waals surface area contributed by atoms with E-state index < -0.39 is 23.6 Å². The van der Waals surface area contributed by atoms with E-state index in [1.54, 1.807) is 0 Å². The van der Waals surface area contributed by atoms with Gasteiger partial charge in [-0.15, -0.1) is 0 Å². The second kappa shape index (κ2) is 6.20. The summed E-state index contributed by atoms with van der Waals surface area (Å²) in [5.74, 6) is -0.779. The van der Waals surface area contributed by atoms with E-state index in [0.717, 1.165) is 23.2 Å². The first kappa shape index (κ1) is 14.8. The molecule has 21 heavy (non-hydrogen) atoms. The van der Waals surface area contributed by atoms with Crippen molar-refractivity contribution in [3.8, 4) is 0 Å². The van der Waals surface area contributed by atoms with Gasteiger partial charge in [0.1, 0.15) is 11.5 Å². The van der Waals surface area contributed by atoms with Crippen LogP contribution in [-0.4, -0.2) is 35.6 Å². The van der Waals surface area contributed by atoms with Gasteiger partial charge in [0.25, 0.3) is 5.69 Å². The fraction of sp³-hybridized carbons (Fsp3) is 0.364. The van der Waals surface area contributed by atoms with Gasteiger partial charge in [-0.2, -0.15) is 0 Å². The van der Waals surface area contributed by atoms with E-state index in [-0.39, 0.29) is 24.3 Å². The molecule has 0 saturated carbocycles. The standard InChI is InChI=1S/C11H11F2N5O3/c12-4-1-5-16-11(7-19)17(15-14-16)10-6-8(18(20)21)2-3-9(10)13/h2-3,6-7,11H,1,4-5H2. The summed E-state index contributed by atoms with van der Waals surface area (Å²) in [5.41, 5.74) is -0.582. The molecule has 0 N–H and O–H groups in total. The molecule has 0 aromatic heterocycles. The fourth-order valence-corrected chi connectivity index (χ4v) is 1.83. The van der Waals surface area contributed by atoms with Crippen LogP contribution < -0.4 is 5.01 Å². The summed E-state index contributed by atoms with van der Waals surface area (Å²) >= 11 is 0. The van der Waals surface area contributed by atoms with Crippen LogP contribution in [0.3, 0.4) is 0 Å². The third-order valence-electron chi connectivity index (χ3n) is 2.84. The predicted octanol–water partition coefficient (Wildman–Crippen LogP) is 2.02. The first-order valence-electron chi connectivity index (χ1n) is 6.01. The average molecular weight is 299 g/mol. The molecule has 1 aromatic carbocycles. The quantitative estimate of drug-likeness (QED) is 0.455. The molecule has 0 spiro atoms. The Labute approximate surface area is 117 Å².